The quantitative estimate of drug-likeness (QED) is 0.428. The molecular weight excluding hydrogens is 394 g/mol. The van der Waals surface area contributed by atoms with Crippen LogP contribution in [-0.4, -0.2) is 16.0 Å². The zero-order chi connectivity index (χ0) is 21.6. The van der Waals surface area contributed by atoms with E-state index in [9.17, 15) is 4.79 Å². The number of carbonyl (C=O) groups excluding carboxylic acids is 1. The van der Waals surface area contributed by atoms with Gasteiger partial charge in [-0.15, -0.1) is 0 Å². The first-order valence-corrected chi connectivity index (χ1v) is 9.79. The molecule has 1 aromatic heterocycles. The van der Waals surface area contributed by atoms with E-state index in [0.717, 1.165) is 17.1 Å². The molecule has 1 amide bonds. The number of nitrogens with one attached hydrogen (secondary N) is 1. The molecule has 0 bridgehead atoms. The fourth-order valence-electron chi connectivity index (χ4n) is 2.90. The topological polar surface area (TPSA) is 86.5 Å². The molecule has 0 aliphatic rings. The van der Waals surface area contributed by atoms with Gasteiger partial charge in [0.2, 0.25) is 17.6 Å². The summed E-state index contributed by atoms with van der Waals surface area (Å²) in [5, 5.41) is 6.69. The Bertz CT molecular complexity index is 1140. The van der Waals surface area contributed by atoms with Gasteiger partial charge in [0.25, 0.3) is 0 Å². The molecule has 0 saturated heterocycles. The van der Waals surface area contributed by atoms with Gasteiger partial charge in [-0.05, 0) is 67.6 Å². The lowest BCUT2D eigenvalue weighted by Gasteiger charge is -2.08. The Hall–Kier alpha value is -4.13. The van der Waals surface area contributed by atoms with Crippen molar-refractivity contribution in [3.05, 3.63) is 84.8 Å². The number of amides is 1. The van der Waals surface area contributed by atoms with Crippen molar-refractivity contribution in [2.75, 3.05) is 0 Å². The molecule has 1 heterocycles. The molecule has 4 aromatic rings. The highest BCUT2D eigenvalue weighted by atomic mass is 16.5. The molecule has 4 rings (SSSR count). The number of para-hydroxylation sites is 1. The van der Waals surface area contributed by atoms with Gasteiger partial charge in [0.05, 0.1) is 0 Å². The summed E-state index contributed by atoms with van der Waals surface area (Å²) in [6.45, 7) is 3.22. The molecule has 0 aliphatic heterocycles. The zero-order valence-electron chi connectivity index (χ0n) is 17.1. The maximum atomic E-state index is 11.2. The standard InChI is InChI=1S/C24H21N3O4/c1-16(25-17(2)28)24-26-23(27-31-24)18-8-10-20(11-9-18)30-22-14-12-21(13-15-22)29-19-6-4-3-5-7-19/h3-16H,1-2H3,(H,25,28)/t16-/m1/s1. The lowest BCUT2D eigenvalue weighted by Crippen LogP contribution is -2.23. The molecule has 0 spiro atoms. The molecular formula is C24H21N3O4. The summed E-state index contributed by atoms with van der Waals surface area (Å²) >= 11 is 0. The van der Waals surface area contributed by atoms with Gasteiger partial charge in [0, 0.05) is 12.5 Å². The largest absolute Gasteiger partial charge is 0.457 e. The van der Waals surface area contributed by atoms with Crippen molar-refractivity contribution < 1.29 is 18.8 Å². The van der Waals surface area contributed by atoms with Gasteiger partial charge in [-0.3, -0.25) is 4.79 Å². The molecule has 0 saturated carbocycles. The van der Waals surface area contributed by atoms with Crippen molar-refractivity contribution >= 4 is 5.91 Å². The maximum absolute atomic E-state index is 11.2. The van der Waals surface area contributed by atoms with Crippen LogP contribution in [0, 0.1) is 0 Å². The van der Waals surface area contributed by atoms with Crippen LogP contribution in [0.25, 0.3) is 11.4 Å². The Balaban J connectivity index is 1.38. The van der Waals surface area contributed by atoms with Crippen LogP contribution in [0.5, 0.6) is 23.0 Å². The Morgan fingerprint density at radius 2 is 1.35 bits per heavy atom. The van der Waals surface area contributed by atoms with Crippen LogP contribution >= 0.6 is 0 Å². The summed E-state index contributed by atoms with van der Waals surface area (Å²) in [6, 6.07) is 24.0. The maximum Gasteiger partial charge on any atom is 0.249 e. The molecule has 1 N–H and O–H groups in total. The number of hydrogen-bond acceptors (Lipinski definition) is 6. The summed E-state index contributed by atoms with van der Waals surface area (Å²) in [5.41, 5.74) is 0.781. The molecule has 7 nitrogen and oxygen atoms in total. The number of aromatic nitrogens is 2. The lowest BCUT2D eigenvalue weighted by atomic mass is 10.2. The predicted molar refractivity (Wildman–Crippen MR) is 115 cm³/mol. The van der Waals surface area contributed by atoms with E-state index in [2.05, 4.69) is 15.5 Å². The number of rotatable bonds is 7. The van der Waals surface area contributed by atoms with Crippen molar-refractivity contribution in [1.82, 2.24) is 15.5 Å². The first-order valence-electron chi connectivity index (χ1n) is 9.79. The lowest BCUT2D eigenvalue weighted by molar-refractivity contribution is -0.119. The number of hydrogen-bond donors (Lipinski definition) is 1. The van der Waals surface area contributed by atoms with Gasteiger partial charge in [-0.1, -0.05) is 23.4 Å². The van der Waals surface area contributed by atoms with Crippen molar-refractivity contribution in [2.24, 2.45) is 0 Å². The molecule has 0 fully saturated rings. The molecule has 0 radical (unpaired) electrons. The summed E-state index contributed by atoms with van der Waals surface area (Å²) in [6.07, 6.45) is 0. The molecule has 156 valence electrons. The summed E-state index contributed by atoms with van der Waals surface area (Å²) in [5.74, 6) is 3.52. The van der Waals surface area contributed by atoms with Crippen molar-refractivity contribution in [2.45, 2.75) is 19.9 Å². The van der Waals surface area contributed by atoms with Crippen LogP contribution in [0.3, 0.4) is 0 Å². The van der Waals surface area contributed by atoms with Gasteiger partial charge in [-0.25, -0.2) is 0 Å². The van der Waals surface area contributed by atoms with Gasteiger partial charge in [0.15, 0.2) is 0 Å². The Labute approximate surface area is 179 Å². The second-order valence-electron chi connectivity index (χ2n) is 6.89. The van der Waals surface area contributed by atoms with E-state index in [-0.39, 0.29) is 11.9 Å². The van der Waals surface area contributed by atoms with Crippen LogP contribution in [0.4, 0.5) is 0 Å². The van der Waals surface area contributed by atoms with E-state index < -0.39 is 0 Å². The summed E-state index contributed by atoms with van der Waals surface area (Å²) in [4.78, 5) is 15.5. The summed E-state index contributed by atoms with van der Waals surface area (Å²) in [7, 11) is 0. The Morgan fingerprint density at radius 3 is 1.90 bits per heavy atom. The minimum absolute atomic E-state index is 0.159. The zero-order valence-corrected chi connectivity index (χ0v) is 17.1. The number of ether oxygens (including phenoxy) is 2. The predicted octanol–water partition coefficient (Wildman–Crippen LogP) is 5.52. The van der Waals surface area contributed by atoms with E-state index in [1.54, 1.807) is 6.92 Å². The molecule has 0 unspecified atom stereocenters. The van der Waals surface area contributed by atoms with Crippen molar-refractivity contribution in [3.63, 3.8) is 0 Å². The van der Waals surface area contributed by atoms with Crippen LogP contribution in [0.2, 0.25) is 0 Å². The molecule has 1 atom stereocenters. The smallest absolute Gasteiger partial charge is 0.249 e. The highest BCUT2D eigenvalue weighted by Crippen LogP contribution is 2.28. The fourth-order valence-corrected chi connectivity index (χ4v) is 2.90. The van der Waals surface area contributed by atoms with Crippen LogP contribution in [0.1, 0.15) is 25.8 Å². The highest BCUT2D eigenvalue weighted by Gasteiger charge is 2.16. The first kappa shape index (κ1) is 20.2. The average molecular weight is 415 g/mol. The number of nitrogens with zero attached hydrogens (tertiary/aromatic N) is 2. The van der Waals surface area contributed by atoms with Gasteiger partial charge in [0.1, 0.15) is 29.0 Å². The third-order valence-electron chi connectivity index (χ3n) is 4.38. The SMILES string of the molecule is CC(=O)N[C@H](C)c1nc(-c2ccc(Oc3ccc(Oc4ccccc4)cc3)cc2)no1. The van der Waals surface area contributed by atoms with E-state index in [1.165, 1.54) is 6.92 Å². The number of benzene rings is 3. The van der Waals surface area contributed by atoms with E-state index in [1.807, 2.05) is 78.9 Å². The van der Waals surface area contributed by atoms with Gasteiger partial charge in [-0.2, -0.15) is 4.98 Å². The van der Waals surface area contributed by atoms with Crippen LogP contribution in [0.15, 0.2) is 83.4 Å². The molecule has 3 aromatic carbocycles. The van der Waals surface area contributed by atoms with Crippen molar-refractivity contribution in [1.29, 1.82) is 0 Å². The molecule has 7 heteroatoms. The fraction of sp³-hybridized carbons (Fsp3) is 0.125. The van der Waals surface area contributed by atoms with E-state index >= 15 is 0 Å². The van der Waals surface area contributed by atoms with Crippen molar-refractivity contribution in [3.8, 4) is 34.4 Å². The van der Waals surface area contributed by atoms with Crippen LogP contribution < -0.4 is 14.8 Å². The minimum Gasteiger partial charge on any atom is -0.457 e. The van der Waals surface area contributed by atoms with Gasteiger partial charge < -0.3 is 19.3 Å². The monoisotopic (exact) mass is 415 g/mol. The number of carbonyl (C=O) groups is 1. The highest BCUT2D eigenvalue weighted by molar-refractivity contribution is 5.73. The summed E-state index contributed by atoms with van der Waals surface area (Å²) < 4.78 is 16.9. The van der Waals surface area contributed by atoms with E-state index in [0.29, 0.717) is 23.2 Å². The van der Waals surface area contributed by atoms with Crippen LogP contribution in [-0.2, 0) is 4.79 Å². The first-order chi connectivity index (χ1) is 15.1. The Morgan fingerprint density at radius 1 is 0.839 bits per heavy atom. The third-order valence-corrected chi connectivity index (χ3v) is 4.38. The van der Waals surface area contributed by atoms with Gasteiger partial charge >= 0.3 is 0 Å². The molecule has 0 aliphatic carbocycles. The normalized spacial score (nSPS) is 11.5. The second-order valence-corrected chi connectivity index (χ2v) is 6.89. The average Bonchev–Trinajstić information content (AvgIpc) is 3.27. The minimum atomic E-state index is -0.352. The second kappa shape index (κ2) is 9.13. The van der Waals surface area contributed by atoms with E-state index in [4.69, 9.17) is 14.0 Å². The molecule has 31 heavy (non-hydrogen) atoms. The third kappa shape index (κ3) is 5.27. The Kier molecular flexibility index (Phi) is 5.93.